The van der Waals surface area contributed by atoms with E-state index in [1.165, 1.54) is 0 Å². The van der Waals surface area contributed by atoms with Gasteiger partial charge in [-0.15, -0.1) is 0 Å². The topological polar surface area (TPSA) is 15.3 Å². The van der Waals surface area contributed by atoms with E-state index in [9.17, 15) is 13.2 Å². The summed E-state index contributed by atoms with van der Waals surface area (Å²) in [4.78, 5) is 2.19. The summed E-state index contributed by atoms with van der Waals surface area (Å²) in [6.45, 7) is 4.88. The number of halogens is 3. The summed E-state index contributed by atoms with van der Waals surface area (Å²) in [5.41, 5.74) is 0. The van der Waals surface area contributed by atoms with Crippen molar-refractivity contribution in [1.29, 1.82) is 0 Å². The number of hydrogen-bond acceptors (Lipinski definition) is 2. The van der Waals surface area contributed by atoms with Gasteiger partial charge in [0.05, 0.1) is 6.54 Å². The fraction of sp³-hybridized carbons (Fsp3) is 1.00. The van der Waals surface area contributed by atoms with Crippen LogP contribution in [0.4, 0.5) is 13.2 Å². The number of rotatable bonds is 3. The molecule has 2 nitrogen and oxygen atoms in total. The van der Waals surface area contributed by atoms with Crippen molar-refractivity contribution in [3.63, 3.8) is 0 Å². The van der Waals surface area contributed by atoms with Gasteiger partial charge < -0.3 is 5.32 Å². The predicted molar refractivity (Wildman–Crippen MR) is 49.2 cm³/mol. The van der Waals surface area contributed by atoms with Crippen molar-refractivity contribution in [1.82, 2.24) is 10.2 Å². The summed E-state index contributed by atoms with van der Waals surface area (Å²) in [7, 11) is 0. The average molecular weight is 210 g/mol. The molecule has 1 rings (SSSR count). The normalized spacial score (nSPS) is 24.9. The molecular weight excluding hydrogens is 193 g/mol. The number of alkyl halides is 3. The summed E-state index contributed by atoms with van der Waals surface area (Å²) < 4.78 is 35.7. The van der Waals surface area contributed by atoms with Gasteiger partial charge in [0.2, 0.25) is 0 Å². The van der Waals surface area contributed by atoms with Gasteiger partial charge in [-0.3, -0.25) is 4.90 Å². The molecule has 1 saturated heterocycles. The highest BCUT2D eigenvalue weighted by Crippen LogP contribution is 2.16. The molecule has 0 saturated carbocycles. The quantitative estimate of drug-likeness (QED) is 0.761. The second-order valence-electron chi connectivity index (χ2n) is 4.07. The van der Waals surface area contributed by atoms with Gasteiger partial charge in [-0.25, -0.2) is 0 Å². The Balaban J connectivity index is 2.23. The number of hydrogen-bond donors (Lipinski definition) is 1. The predicted octanol–water partition coefficient (Wildman–Crippen LogP) is 1.62. The Morgan fingerprint density at radius 2 is 2.07 bits per heavy atom. The minimum atomic E-state index is -4.09. The van der Waals surface area contributed by atoms with Gasteiger partial charge in [-0.05, 0) is 26.8 Å². The fourth-order valence-electron chi connectivity index (χ4n) is 1.68. The number of likely N-dealkylation sites (tertiary alicyclic amines) is 1. The van der Waals surface area contributed by atoms with E-state index in [4.69, 9.17) is 0 Å². The van der Waals surface area contributed by atoms with Crippen LogP contribution in [0.15, 0.2) is 0 Å². The first kappa shape index (κ1) is 11.8. The van der Waals surface area contributed by atoms with Crippen LogP contribution >= 0.6 is 0 Å². The molecule has 1 N–H and O–H groups in total. The summed E-state index contributed by atoms with van der Waals surface area (Å²) in [5, 5.41) is 2.54. The highest BCUT2D eigenvalue weighted by molar-refractivity contribution is 4.83. The maximum Gasteiger partial charge on any atom is 0.401 e. The van der Waals surface area contributed by atoms with Gasteiger partial charge >= 0.3 is 6.18 Å². The average Bonchev–Trinajstić information content (AvgIpc) is 2.47. The van der Waals surface area contributed by atoms with E-state index in [1.807, 2.05) is 0 Å². The molecule has 1 fully saturated rings. The van der Waals surface area contributed by atoms with E-state index in [1.54, 1.807) is 0 Å². The molecule has 1 aliphatic rings. The monoisotopic (exact) mass is 210 g/mol. The Kier molecular flexibility index (Phi) is 3.78. The van der Waals surface area contributed by atoms with Gasteiger partial charge in [0, 0.05) is 18.6 Å². The van der Waals surface area contributed by atoms with Crippen molar-refractivity contribution in [3.8, 4) is 0 Å². The van der Waals surface area contributed by atoms with Crippen LogP contribution in [0.2, 0.25) is 0 Å². The van der Waals surface area contributed by atoms with E-state index >= 15 is 0 Å². The molecule has 5 heteroatoms. The third kappa shape index (κ3) is 3.84. The Morgan fingerprint density at radius 3 is 2.50 bits per heavy atom. The lowest BCUT2D eigenvalue weighted by Gasteiger charge is -2.20. The molecule has 1 atom stereocenters. The largest absolute Gasteiger partial charge is 0.401 e. The summed E-state index contributed by atoms with van der Waals surface area (Å²) in [6, 6.07) is 0.423. The summed E-state index contributed by atoms with van der Waals surface area (Å²) in [5.74, 6) is 0. The Labute approximate surface area is 82.5 Å². The molecule has 84 valence electrons. The molecule has 0 unspecified atom stereocenters. The number of nitrogens with zero attached hydrogens (tertiary/aromatic N) is 1. The van der Waals surface area contributed by atoms with Crippen molar-refractivity contribution < 1.29 is 13.2 Å². The molecule has 1 aliphatic heterocycles. The van der Waals surface area contributed by atoms with Crippen LogP contribution in [0, 0.1) is 0 Å². The van der Waals surface area contributed by atoms with Crippen LogP contribution < -0.4 is 5.32 Å². The van der Waals surface area contributed by atoms with E-state index in [2.05, 4.69) is 24.1 Å². The molecule has 0 aromatic heterocycles. The first-order valence-corrected chi connectivity index (χ1v) is 4.92. The molecular formula is C9H17F3N2. The van der Waals surface area contributed by atoms with Crippen LogP contribution in [0.1, 0.15) is 20.3 Å². The molecule has 0 radical (unpaired) electrons. The van der Waals surface area contributed by atoms with E-state index in [0.29, 0.717) is 6.04 Å². The molecule has 0 aliphatic carbocycles. The minimum Gasteiger partial charge on any atom is -0.305 e. The van der Waals surface area contributed by atoms with Crippen molar-refractivity contribution in [2.75, 3.05) is 19.6 Å². The zero-order valence-corrected chi connectivity index (χ0v) is 8.56. The van der Waals surface area contributed by atoms with E-state index < -0.39 is 12.7 Å². The molecule has 0 spiro atoms. The van der Waals surface area contributed by atoms with Crippen molar-refractivity contribution in [3.05, 3.63) is 0 Å². The molecule has 0 amide bonds. The minimum absolute atomic E-state index is 0.000903. The SMILES string of the molecule is CC(C)N1CC[C@@H](NCC(F)(F)F)C1. The van der Waals surface area contributed by atoms with Crippen LogP contribution in [-0.2, 0) is 0 Å². The Morgan fingerprint density at radius 1 is 1.43 bits per heavy atom. The first-order chi connectivity index (χ1) is 6.38. The van der Waals surface area contributed by atoms with Crippen molar-refractivity contribution in [2.45, 2.75) is 38.5 Å². The maximum atomic E-state index is 11.9. The van der Waals surface area contributed by atoms with Gasteiger partial charge in [0.15, 0.2) is 0 Å². The van der Waals surface area contributed by atoms with E-state index in [0.717, 1.165) is 19.5 Å². The molecule has 0 bridgehead atoms. The lowest BCUT2D eigenvalue weighted by Crippen LogP contribution is -2.39. The lowest BCUT2D eigenvalue weighted by atomic mass is 10.2. The van der Waals surface area contributed by atoms with Gasteiger partial charge in [-0.2, -0.15) is 13.2 Å². The molecule has 0 aromatic carbocycles. The van der Waals surface area contributed by atoms with Crippen LogP contribution in [0.5, 0.6) is 0 Å². The zero-order valence-electron chi connectivity index (χ0n) is 8.56. The van der Waals surface area contributed by atoms with Crippen molar-refractivity contribution in [2.24, 2.45) is 0 Å². The third-order valence-corrected chi connectivity index (χ3v) is 2.54. The third-order valence-electron chi connectivity index (χ3n) is 2.54. The number of nitrogens with one attached hydrogen (secondary N) is 1. The van der Waals surface area contributed by atoms with Gasteiger partial charge in [-0.1, -0.05) is 0 Å². The molecule has 0 aromatic rings. The lowest BCUT2D eigenvalue weighted by molar-refractivity contribution is -0.126. The Bertz CT molecular complexity index is 179. The summed E-state index contributed by atoms with van der Waals surface area (Å²) >= 11 is 0. The van der Waals surface area contributed by atoms with Gasteiger partial charge in [0.1, 0.15) is 0 Å². The standard InChI is InChI=1S/C9H17F3N2/c1-7(2)14-4-3-8(5-14)13-6-9(10,11)12/h7-8,13H,3-6H2,1-2H3/t8-/m1/s1. The Hall–Kier alpha value is -0.290. The maximum absolute atomic E-state index is 11.9. The second kappa shape index (κ2) is 4.49. The highest BCUT2D eigenvalue weighted by atomic mass is 19.4. The second-order valence-corrected chi connectivity index (χ2v) is 4.07. The smallest absolute Gasteiger partial charge is 0.305 e. The van der Waals surface area contributed by atoms with Crippen molar-refractivity contribution >= 4 is 0 Å². The molecule has 14 heavy (non-hydrogen) atoms. The molecule has 1 heterocycles. The van der Waals surface area contributed by atoms with Crippen LogP contribution in [0.3, 0.4) is 0 Å². The van der Waals surface area contributed by atoms with E-state index in [-0.39, 0.29) is 6.04 Å². The summed E-state index contributed by atoms with van der Waals surface area (Å²) in [6.07, 6.45) is -3.28. The highest BCUT2D eigenvalue weighted by Gasteiger charge is 2.30. The fourth-order valence-corrected chi connectivity index (χ4v) is 1.68. The van der Waals surface area contributed by atoms with Crippen LogP contribution in [-0.4, -0.2) is 42.8 Å². The van der Waals surface area contributed by atoms with Crippen LogP contribution in [0.25, 0.3) is 0 Å². The van der Waals surface area contributed by atoms with Gasteiger partial charge in [0.25, 0.3) is 0 Å². The first-order valence-electron chi connectivity index (χ1n) is 4.92. The zero-order chi connectivity index (χ0) is 10.8.